The minimum Gasteiger partial charge on any atom is -0.491 e. The Hall–Kier alpha value is -3.73. The summed E-state index contributed by atoms with van der Waals surface area (Å²) in [6, 6.07) is 6.15. The number of carboxylic acid groups (broad SMARTS) is 1. The van der Waals surface area contributed by atoms with Gasteiger partial charge in [0.25, 0.3) is 5.56 Å². The first-order valence-corrected chi connectivity index (χ1v) is 16.6. The summed E-state index contributed by atoms with van der Waals surface area (Å²) in [6.45, 7) is 1.44. The van der Waals surface area contributed by atoms with Crippen molar-refractivity contribution in [3.8, 4) is 16.9 Å². The van der Waals surface area contributed by atoms with E-state index in [1.807, 2.05) is 4.90 Å². The number of carbonyl (C=O) groups is 1. The minimum atomic E-state index is -4.93. The lowest BCUT2D eigenvalue weighted by atomic mass is 9.90. The third kappa shape index (κ3) is 7.56. The maximum Gasteiger partial charge on any atom is 0.522 e. The van der Waals surface area contributed by atoms with Crippen LogP contribution >= 0.6 is 22.9 Å². The molecular weight excluding hydrogens is 702 g/mol. The van der Waals surface area contributed by atoms with Gasteiger partial charge in [0.2, 0.25) is 5.82 Å². The summed E-state index contributed by atoms with van der Waals surface area (Å²) in [5.41, 5.74) is 1.22. The van der Waals surface area contributed by atoms with Crippen LogP contribution in [0, 0.1) is 6.92 Å². The van der Waals surface area contributed by atoms with E-state index in [1.54, 1.807) is 19.1 Å². The Bertz CT molecular complexity index is 1960. The molecule has 1 aliphatic carbocycles. The van der Waals surface area contributed by atoms with Crippen LogP contribution < -0.4 is 10.3 Å². The highest BCUT2D eigenvalue weighted by Crippen LogP contribution is 2.40. The number of halogens is 7. The van der Waals surface area contributed by atoms with E-state index < -0.39 is 42.5 Å². The van der Waals surface area contributed by atoms with E-state index >= 15 is 0 Å². The van der Waals surface area contributed by atoms with Gasteiger partial charge in [-0.05, 0) is 63.3 Å². The Morgan fingerprint density at radius 1 is 1.08 bits per heavy atom. The molecule has 9 nitrogen and oxygen atoms in total. The molecule has 1 aromatic carbocycles. The van der Waals surface area contributed by atoms with Crippen LogP contribution in [0.3, 0.4) is 0 Å². The van der Waals surface area contributed by atoms with Crippen LogP contribution in [0.15, 0.2) is 34.4 Å². The molecule has 1 atom stereocenters. The number of fused-ring (bicyclic) bond motifs is 2. The molecule has 0 unspecified atom stereocenters. The van der Waals surface area contributed by atoms with Gasteiger partial charge in [-0.15, -0.1) is 24.5 Å². The Morgan fingerprint density at radius 2 is 1.82 bits per heavy atom. The Kier molecular flexibility index (Phi) is 9.69. The molecule has 1 fully saturated rings. The van der Waals surface area contributed by atoms with Crippen molar-refractivity contribution in [2.24, 2.45) is 0 Å². The number of piperidine rings is 1. The van der Waals surface area contributed by atoms with E-state index in [0.29, 0.717) is 50.6 Å². The standard InChI is InChI=1S/C32H29ClF6N4O5S/c1-16-12-21(27-26(40-16)23(15-49-27)29(45)46)20-13-17(33)2-5-25(20)47-11-10-43-28(44)22-14-18(3-4-24(22)41-30(43)31(34,35)36)42-8-6-19(7-9-42)48-32(37,38)39/h2,5,12-13,15,18-19H,3-4,6-11,14H2,1H3,(H,45,46)/t18-/m0/s1. The molecular formula is C32H29ClF6N4O5S. The van der Waals surface area contributed by atoms with E-state index in [-0.39, 0.29) is 66.4 Å². The fourth-order valence-corrected chi connectivity index (χ4v) is 7.73. The summed E-state index contributed by atoms with van der Waals surface area (Å²) in [7, 11) is 0. The first kappa shape index (κ1) is 35.1. The van der Waals surface area contributed by atoms with Gasteiger partial charge in [-0.25, -0.2) is 9.78 Å². The number of rotatable bonds is 8. The number of carboxylic acids is 1. The van der Waals surface area contributed by atoms with Gasteiger partial charge in [0.1, 0.15) is 12.4 Å². The Labute approximate surface area is 284 Å². The van der Waals surface area contributed by atoms with Crippen molar-refractivity contribution >= 4 is 39.1 Å². The van der Waals surface area contributed by atoms with Gasteiger partial charge >= 0.3 is 18.5 Å². The third-order valence-corrected chi connectivity index (χ3v) is 9.97. The largest absolute Gasteiger partial charge is 0.522 e. The SMILES string of the molecule is Cc1cc(-c2cc(Cl)ccc2OCCn2c(C(F)(F)F)nc3c(c2=O)C[C@@H](N2CCC(OC(F)(F)F)CC2)CC3)c2scc(C(=O)O)c2n1. The highest BCUT2D eigenvalue weighted by molar-refractivity contribution is 7.18. The van der Waals surface area contributed by atoms with Crippen molar-refractivity contribution in [3.05, 3.63) is 73.4 Å². The van der Waals surface area contributed by atoms with Gasteiger partial charge in [-0.2, -0.15) is 13.2 Å². The normalized spacial score (nSPS) is 17.8. The fourth-order valence-electron chi connectivity index (χ4n) is 6.55. The lowest BCUT2D eigenvalue weighted by Gasteiger charge is -2.39. The maximum absolute atomic E-state index is 14.2. The predicted molar refractivity (Wildman–Crippen MR) is 168 cm³/mol. The van der Waals surface area contributed by atoms with Crippen molar-refractivity contribution in [2.75, 3.05) is 19.7 Å². The zero-order valence-corrected chi connectivity index (χ0v) is 27.4. The first-order valence-electron chi connectivity index (χ1n) is 15.3. The number of ether oxygens (including phenoxy) is 2. The molecule has 3 aromatic heterocycles. The summed E-state index contributed by atoms with van der Waals surface area (Å²) in [4.78, 5) is 35.7. The number of pyridine rings is 1. The number of thiophene rings is 1. The average molecular weight is 731 g/mol. The van der Waals surface area contributed by atoms with Crippen LogP contribution in [0.5, 0.6) is 5.75 Å². The summed E-state index contributed by atoms with van der Waals surface area (Å²) >= 11 is 7.47. The number of benzene rings is 1. The van der Waals surface area contributed by atoms with E-state index in [4.69, 9.17) is 16.3 Å². The summed E-state index contributed by atoms with van der Waals surface area (Å²) < 4.78 is 91.9. The second-order valence-corrected chi connectivity index (χ2v) is 13.3. The van der Waals surface area contributed by atoms with Crippen molar-refractivity contribution in [1.82, 2.24) is 19.4 Å². The molecule has 0 bridgehead atoms. The minimum absolute atomic E-state index is 0.0237. The van der Waals surface area contributed by atoms with Crippen LogP contribution in [-0.2, 0) is 30.3 Å². The monoisotopic (exact) mass is 730 g/mol. The Balaban J connectivity index is 1.25. The van der Waals surface area contributed by atoms with Gasteiger partial charge in [0.05, 0.1) is 34.1 Å². The molecule has 2 aliphatic rings. The lowest BCUT2D eigenvalue weighted by molar-refractivity contribution is -0.346. The van der Waals surface area contributed by atoms with Gasteiger partial charge in [-0.3, -0.25) is 24.0 Å². The number of hydrogen-bond acceptors (Lipinski definition) is 8. The molecule has 1 aliphatic heterocycles. The van der Waals surface area contributed by atoms with Gasteiger partial charge in [-0.1, -0.05) is 11.6 Å². The summed E-state index contributed by atoms with van der Waals surface area (Å²) in [5, 5.41) is 11.4. The molecule has 17 heteroatoms. The van der Waals surface area contributed by atoms with Crippen molar-refractivity contribution in [3.63, 3.8) is 0 Å². The van der Waals surface area contributed by atoms with E-state index in [2.05, 4.69) is 14.7 Å². The summed E-state index contributed by atoms with van der Waals surface area (Å²) in [5.74, 6) is -2.24. The van der Waals surface area contributed by atoms with E-state index in [1.165, 1.54) is 17.5 Å². The number of aromatic nitrogens is 3. The molecule has 0 amide bonds. The van der Waals surface area contributed by atoms with Crippen LogP contribution in [0.25, 0.3) is 21.3 Å². The molecule has 1 N–H and O–H groups in total. The van der Waals surface area contributed by atoms with Gasteiger partial charge < -0.3 is 9.84 Å². The molecule has 6 rings (SSSR count). The number of aryl methyl sites for hydroxylation is 2. The zero-order chi connectivity index (χ0) is 35.2. The van der Waals surface area contributed by atoms with Crippen LogP contribution in [0.1, 0.15) is 52.4 Å². The number of alkyl halides is 6. The lowest BCUT2D eigenvalue weighted by Crippen LogP contribution is -2.48. The van der Waals surface area contributed by atoms with Crippen molar-refractivity contribution < 1.29 is 45.7 Å². The number of nitrogens with zero attached hydrogens (tertiary/aromatic N) is 4. The molecule has 4 heterocycles. The highest BCUT2D eigenvalue weighted by Gasteiger charge is 2.40. The van der Waals surface area contributed by atoms with Gasteiger partial charge in [0.15, 0.2) is 0 Å². The second kappa shape index (κ2) is 13.5. The summed E-state index contributed by atoms with van der Waals surface area (Å²) in [6.07, 6.45) is -9.71. The molecule has 0 spiro atoms. The van der Waals surface area contributed by atoms with Crippen LogP contribution in [-0.4, -0.2) is 68.7 Å². The highest BCUT2D eigenvalue weighted by atomic mass is 35.5. The molecule has 4 aromatic rings. The molecule has 1 saturated heterocycles. The second-order valence-electron chi connectivity index (χ2n) is 11.9. The quantitative estimate of drug-likeness (QED) is 0.191. The smallest absolute Gasteiger partial charge is 0.491 e. The third-order valence-electron chi connectivity index (χ3n) is 8.73. The maximum atomic E-state index is 14.2. The van der Waals surface area contributed by atoms with E-state index in [0.717, 1.165) is 11.3 Å². The predicted octanol–water partition coefficient (Wildman–Crippen LogP) is 7.14. The number of likely N-dealkylation sites (tertiary alicyclic amines) is 1. The van der Waals surface area contributed by atoms with Crippen molar-refractivity contribution in [2.45, 2.75) is 70.3 Å². The van der Waals surface area contributed by atoms with Gasteiger partial charge in [0, 0.05) is 51.9 Å². The van der Waals surface area contributed by atoms with E-state index in [9.17, 15) is 41.0 Å². The Morgan fingerprint density at radius 3 is 2.49 bits per heavy atom. The number of hydrogen-bond donors (Lipinski definition) is 1. The van der Waals surface area contributed by atoms with Crippen molar-refractivity contribution in [1.29, 1.82) is 0 Å². The molecule has 49 heavy (non-hydrogen) atoms. The first-order chi connectivity index (χ1) is 23.1. The fraction of sp³-hybridized carbons (Fsp3) is 0.438. The average Bonchev–Trinajstić information content (AvgIpc) is 3.45. The molecule has 262 valence electrons. The zero-order valence-electron chi connectivity index (χ0n) is 25.8. The molecule has 0 saturated carbocycles. The topological polar surface area (TPSA) is 107 Å². The van der Waals surface area contributed by atoms with Crippen LogP contribution in [0.2, 0.25) is 5.02 Å². The number of aromatic carboxylic acids is 1. The molecule has 0 radical (unpaired) electrons. The van der Waals surface area contributed by atoms with Crippen LogP contribution in [0.4, 0.5) is 26.3 Å².